The van der Waals surface area contributed by atoms with Gasteiger partial charge in [-0.05, 0) is 25.9 Å². The Labute approximate surface area is 159 Å². The summed E-state index contributed by atoms with van der Waals surface area (Å²) in [5, 5.41) is 11.8. The number of hydrogen-bond donors (Lipinski definition) is 12. The fourth-order valence-electron chi connectivity index (χ4n) is 1.60. The van der Waals surface area contributed by atoms with Crippen LogP contribution in [-0.4, -0.2) is 72.6 Å². The van der Waals surface area contributed by atoms with Gasteiger partial charge in [0.05, 0.1) is 0 Å². The Kier molecular flexibility index (Phi) is 11.7. The summed E-state index contributed by atoms with van der Waals surface area (Å²) in [6.07, 6.45) is -1.71. The summed E-state index contributed by atoms with van der Waals surface area (Å²) in [5.74, 6) is 0. The third-order valence-electron chi connectivity index (χ3n) is 3.30. The van der Waals surface area contributed by atoms with Crippen LogP contribution in [0.3, 0.4) is 0 Å². The van der Waals surface area contributed by atoms with E-state index in [0.29, 0.717) is 0 Å². The van der Waals surface area contributed by atoms with E-state index in [2.05, 4.69) is 0 Å². The van der Waals surface area contributed by atoms with Crippen LogP contribution < -0.4 is 11.5 Å². The number of aliphatic hydroxyl groups is 2. The van der Waals surface area contributed by atoms with E-state index in [1.807, 2.05) is 0 Å². The van der Waals surface area contributed by atoms with Crippen molar-refractivity contribution in [1.82, 2.24) is 0 Å². The Morgan fingerprint density at radius 1 is 0.536 bits per heavy atom. The second kappa shape index (κ2) is 10.7. The van der Waals surface area contributed by atoms with Gasteiger partial charge in [-0.1, -0.05) is 0 Å². The van der Waals surface area contributed by atoms with Crippen LogP contribution in [0.15, 0.2) is 0 Å². The van der Waals surface area contributed by atoms with E-state index in [9.17, 15) is 28.5 Å². The minimum Gasteiger partial charge on any atom is -0.368 e. The molecule has 0 saturated heterocycles. The molecule has 0 aliphatic heterocycles. The summed E-state index contributed by atoms with van der Waals surface area (Å²) in [4.78, 5) is 69.0. The monoisotopic (exact) mass is 498 g/mol. The van der Waals surface area contributed by atoms with Crippen molar-refractivity contribution < 1.29 is 67.6 Å². The smallest absolute Gasteiger partial charge is 0.368 e. The van der Waals surface area contributed by atoms with Crippen LogP contribution in [0.25, 0.3) is 0 Å². The molecule has 0 radical (unpaired) electrons. The lowest BCUT2D eigenvalue weighted by atomic mass is 10.3. The van der Waals surface area contributed by atoms with E-state index in [1.165, 1.54) is 0 Å². The van der Waals surface area contributed by atoms with Crippen molar-refractivity contribution >= 4 is 30.4 Å². The highest BCUT2D eigenvalue weighted by Crippen LogP contribution is 2.70. The molecule has 20 heteroatoms. The molecule has 0 aromatic heterocycles. The summed E-state index contributed by atoms with van der Waals surface area (Å²) in [6, 6.07) is 0. The molecular weight excluding hydrogens is 472 g/mol. The summed E-state index contributed by atoms with van der Waals surface area (Å²) >= 11 is 0. The van der Waals surface area contributed by atoms with Gasteiger partial charge in [0.15, 0.2) is 0 Å². The Hall–Kier alpha value is 0.440. The minimum absolute atomic E-state index is 0.0394. The molecule has 0 amide bonds. The van der Waals surface area contributed by atoms with Crippen LogP contribution in [-0.2, 0) is 18.3 Å². The average molecular weight is 498 g/mol. The SMILES string of the molecule is NCCCC(O)(P(=O)(O)O)P(=O)(O)O.NCCCC(O)(P(=O)(O)O)P(=O)(O)O. The molecule has 0 saturated carbocycles. The first-order valence-corrected chi connectivity index (χ1v) is 13.6. The lowest BCUT2D eigenvalue weighted by molar-refractivity contribution is 0.121. The molecule has 14 N–H and O–H groups in total. The van der Waals surface area contributed by atoms with Crippen molar-refractivity contribution in [2.75, 3.05) is 13.1 Å². The van der Waals surface area contributed by atoms with Crippen LogP contribution in [0.2, 0.25) is 0 Å². The van der Waals surface area contributed by atoms with Crippen LogP contribution in [0.1, 0.15) is 25.7 Å². The predicted octanol–water partition coefficient (Wildman–Crippen LogP) is -2.55. The molecule has 172 valence electrons. The molecule has 0 atom stereocenters. The standard InChI is InChI=1S/2C4H13NO7P2/c2*5-3-1-2-4(6,13(7,8)9)14(10,11)12/h2*6H,1-3,5H2,(H2,7,8,9)(H2,10,11,12). The van der Waals surface area contributed by atoms with Gasteiger partial charge in [-0.25, -0.2) is 0 Å². The lowest BCUT2D eigenvalue weighted by Gasteiger charge is -2.28. The van der Waals surface area contributed by atoms with Crippen LogP contribution in [0, 0.1) is 0 Å². The fraction of sp³-hybridized carbons (Fsp3) is 1.00. The van der Waals surface area contributed by atoms with Crippen molar-refractivity contribution in [3.05, 3.63) is 0 Å². The van der Waals surface area contributed by atoms with Gasteiger partial charge in [-0.2, -0.15) is 0 Å². The van der Waals surface area contributed by atoms with Crippen molar-refractivity contribution in [2.24, 2.45) is 11.5 Å². The van der Waals surface area contributed by atoms with E-state index < -0.39 is 53.4 Å². The molecule has 0 heterocycles. The summed E-state index contributed by atoms with van der Waals surface area (Å²) in [7, 11) is -21.2. The maximum Gasteiger partial charge on any atom is 0.369 e. The molecule has 0 unspecified atom stereocenters. The Morgan fingerprint density at radius 2 is 0.714 bits per heavy atom. The number of nitrogens with two attached hydrogens (primary N) is 2. The van der Waals surface area contributed by atoms with Gasteiger partial charge in [0.25, 0.3) is 10.2 Å². The summed E-state index contributed by atoms with van der Waals surface area (Å²) in [6.45, 7) is -0.0788. The second-order valence-electron chi connectivity index (χ2n) is 5.51. The van der Waals surface area contributed by atoms with E-state index in [4.69, 9.17) is 50.6 Å². The molecule has 0 aliphatic rings. The zero-order chi connectivity index (χ0) is 23.2. The highest BCUT2D eigenvalue weighted by atomic mass is 31.2. The minimum atomic E-state index is -5.30. The Balaban J connectivity index is 0. The van der Waals surface area contributed by atoms with Crippen LogP contribution >= 0.6 is 30.4 Å². The average Bonchev–Trinajstić information content (AvgIpc) is 2.46. The van der Waals surface area contributed by atoms with Gasteiger partial charge in [0, 0.05) is 12.8 Å². The molecule has 0 aliphatic carbocycles. The van der Waals surface area contributed by atoms with E-state index in [0.717, 1.165) is 0 Å². The maximum atomic E-state index is 10.7. The van der Waals surface area contributed by atoms with Gasteiger partial charge in [0.2, 0.25) is 0 Å². The van der Waals surface area contributed by atoms with Crippen LogP contribution in [0.4, 0.5) is 0 Å². The maximum absolute atomic E-state index is 10.7. The first kappa shape index (κ1) is 30.6. The third kappa shape index (κ3) is 7.93. The zero-order valence-electron chi connectivity index (χ0n) is 14.3. The van der Waals surface area contributed by atoms with Gasteiger partial charge in [0.1, 0.15) is 0 Å². The normalized spacial score (nSPS) is 14.4. The summed E-state index contributed by atoms with van der Waals surface area (Å²) < 4.78 is 42.9. The van der Waals surface area contributed by atoms with Gasteiger partial charge in [-0.15, -0.1) is 0 Å². The van der Waals surface area contributed by atoms with Gasteiger partial charge in [-0.3, -0.25) is 18.3 Å². The molecule has 0 aromatic rings. The summed E-state index contributed by atoms with van der Waals surface area (Å²) in [5.41, 5.74) is 10.0. The predicted molar refractivity (Wildman–Crippen MR) is 94.7 cm³/mol. The van der Waals surface area contributed by atoms with E-state index in [-0.39, 0.29) is 25.9 Å². The molecule has 0 spiro atoms. The van der Waals surface area contributed by atoms with Gasteiger partial charge < -0.3 is 60.8 Å². The van der Waals surface area contributed by atoms with Gasteiger partial charge >= 0.3 is 30.4 Å². The highest BCUT2D eigenvalue weighted by molar-refractivity contribution is 7.72. The quantitative estimate of drug-likeness (QED) is 0.138. The Morgan fingerprint density at radius 3 is 0.821 bits per heavy atom. The second-order valence-corrected chi connectivity index (χ2v) is 13.5. The Bertz CT molecular complexity index is 573. The van der Waals surface area contributed by atoms with Crippen molar-refractivity contribution in [3.8, 4) is 0 Å². The first-order valence-electron chi connectivity index (χ1n) is 7.20. The molecule has 0 aromatic carbocycles. The van der Waals surface area contributed by atoms with Crippen molar-refractivity contribution in [3.63, 3.8) is 0 Å². The number of rotatable bonds is 10. The molecule has 16 nitrogen and oxygen atoms in total. The molecule has 0 bridgehead atoms. The van der Waals surface area contributed by atoms with Crippen LogP contribution in [0.5, 0.6) is 0 Å². The molecule has 0 rings (SSSR count). The number of hydrogen-bond acceptors (Lipinski definition) is 8. The first-order chi connectivity index (χ1) is 12.1. The molecular formula is C8H26N2O14P4. The largest absolute Gasteiger partial charge is 0.369 e. The molecule has 28 heavy (non-hydrogen) atoms. The topological polar surface area (TPSA) is 323 Å². The highest BCUT2D eigenvalue weighted by Gasteiger charge is 2.59. The third-order valence-corrected chi connectivity index (χ3v) is 11.1. The van der Waals surface area contributed by atoms with Crippen molar-refractivity contribution in [2.45, 2.75) is 35.8 Å². The van der Waals surface area contributed by atoms with E-state index >= 15 is 0 Å². The lowest BCUT2D eigenvalue weighted by Crippen LogP contribution is -2.29. The fourth-order valence-corrected chi connectivity index (χ4v) is 6.11. The van der Waals surface area contributed by atoms with Crippen molar-refractivity contribution in [1.29, 1.82) is 0 Å². The molecule has 0 fully saturated rings. The van der Waals surface area contributed by atoms with E-state index in [1.54, 1.807) is 0 Å². The zero-order valence-corrected chi connectivity index (χ0v) is 17.9.